The number of halogens is 2. The first-order valence-electron chi connectivity index (χ1n) is 3.60. The Morgan fingerprint density at radius 1 is 1.67 bits per heavy atom. The molecule has 78 valence electrons. The van der Waals surface area contributed by atoms with Crippen molar-refractivity contribution in [1.82, 2.24) is 4.98 Å². The Hall–Kier alpha value is -2.30. The van der Waals surface area contributed by atoms with Gasteiger partial charge in [0.05, 0.1) is 0 Å². The quantitative estimate of drug-likeness (QED) is 0.591. The average Bonchev–Trinajstić information content (AvgIpc) is 2.16. The fraction of sp³-hybridized carbons (Fsp3) is 0.143. The minimum Gasteiger partial charge on any atom is -0.392 e. The predicted molar refractivity (Wildman–Crippen MR) is 45.0 cm³/mol. The van der Waals surface area contributed by atoms with E-state index >= 15 is 0 Å². The van der Waals surface area contributed by atoms with Crippen molar-refractivity contribution in [2.24, 2.45) is 0 Å². The highest BCUT2D eigenvalue weighted by atomic mass is 19.3. The van der Waals surface area contributed by atoms with Gasteiger partial charge in [-0.2, -0.15) is 5.26 Å². The Morgan fingerprint density at radius 2 is 2.27 bits per heavy atom. The number of alkyl halides is 2. The molecule has 2 N–H and O–H groups in total. The van der Waals surface area contributed by atoms with Crippen LogP contribution in [0.3, 0.4) is 0 Å². The molecule has 0 bridgehead atoms. The molecule has 15 heavy (non-hydrogen) atoms. The number of nitrogen functional groups attached to an aromatic ring is 1. The normalized spacial score (nSPS) is 10.0. The zero-order valence-electron chi connectivity index (χ0n) is 7.15. The third kappa shape index (κ3) is 1.96. The summed E-state index contributed by atoms with van der Waals surface area (Å²) in [6.07, 6.45) is -3.06. The van der Waals surface area contributed by atoms with Crippen molar-refractivity contribution in [2.75, 3.05) is 5.73 Å². The molecule has 0 aliphatic carbocycles. The van der Waals surface area contributed by atoms with Crippen LogP contribution in [-0.4, -0.2) is 9.91 Å². The highest BCUT2D eigenvalue weighted by Crippen LogP contribution is 2.27. The van der Waals surface area contributed by atoms with E-state index in [-0.39, 0.29) is 0 Å². The second kappa shape index (κ2) is 3.83. The average molecular weight is 214 g/mol. The Balaban J connectivity index is 3.45. The van der Waals surface area contributed by atoms with Gasteiger partial charge in [0.15, 0.2) is 0 Å². The first kappa shape index (κ1) is 10.8. The number of nitro groups is 1. The van der Waals surface area contributed by atoms with Crippen LogP contribution < -0.4 is 5.73 Å². The van der Waals surface area contributed by atoms with Gasteiger partial charge in [-0.1, -0.05) is 0 Å². The minimum atomic E-state index is -3.06. The van der Waals surface area contributed by atoms with Gasteiger partial charge in [0.25, 0.3) is 0 Å². The van der Waals surface area contributed by atoms with Crippen molar-refractivity contribution < 1.29 is 13.7 Å². The molecule has 0 radical (unpaired) electrons. The summed E-state index contributed by atoms with van der Waals surface area (Å²) >= 11 is 0. The molecule has 6 nitrogen and oxygen atoms in total. The predicted octanol–water partition coefficient (Wildman–Crippen LogP) is 1.38. The first-order valence-corrected chi connectivity index (χ1v) is 3.60. The molecule has 1 aromatic heterocycles. The van der Waals surface area contributed by atoms with E-state index in [1.807, 2.05) is 0 Å². The first-order chi connectivity index (χ1) is 6.97. The number of nitrogens with two attached hydrogens (primary N) is 1. The van der Waals surface area contributed by atoms with Crippen LogP contribution in [0.15, 0.2) is 6.07 Å². The lowest BCUT2D eigenvalue weighted by molar-refractivity contribution is -0.388. The number of anilines is 1. The van der Waals surface area contributed by atoms with Gasteiger partial charge in [-0.25, -0.2) is 8.78 Å². The van der Waals surface area contributed by atoms with Gasteiger partial charge >= 0.3 is 12.2 Å². The van der Waals surface area contributed by atoms with Crippen molar-refractivity contribution in [3.05, 3.63) is 27.4 Å². The number of aromatic nitrogens is 1. The highest BCUT2D eigenvalue weighted by molar-refractivity contribution is 5.58. The third-order valence-electron chi connectivity index (χ3n) is 1.56. The van der Waals surface area contributed by atoms with Crippen molar-refractivity contribution >= 4 is 11.5 Å². The molecule has 0 aliphatic heterocycles. The maximum absolute atomic E-state index is 12.3. The molecule has 8 heteroatoms. The molecule has 0 aromatic carbocycles. The van der Waals surface area contributed by atoms with Gasteiger partial charge in [-0.05, 0) is 16.0 Å². The number of pyridine rings is 1. The molecule has 0 saturated carbocycles. The molecule has 0 unspecified atom stereocenters. The number of nitrogens with zero attached hydrogens (tertiary/aromatic N) is 3. The van der Waals surface area contributed by atoms with Gasteiger partial charge < -0.3 is 15.8 Å². The summed E-state index contributed by atoms with van der Waals surface area (Å²) < 4.78 is 24.6. The number of rotatable bonds is 2. The maximum Gasteiger partial charge on any atom is 0.387 e. The summed E-state index contributed by atoms with van der Waals surface area (Å²) in [5, 5.41) is 18.8. The highest BCUT2D eigenvalue weighted by Gasteiger charge is 2.26. The van der Waals surface area contributed by atoms with E-state index in [1.165, 1.54) is 6.07 Å². The second-order valence-electron chi connectivity index (χ2n) is 2.50. The topological polar surface area (TPSA) is 106 Å². The van der Waals surface area contributed by atoms with Crippen molar-refractivity contribution in [3.63, 3.8) is 0 Å². The summed E-state index contributed by atoms with van der Waals surface area (Å²) in [4.78, 5) is 12.4. The van der Waals surface area contributed by atoms with Crippen molar-refractivity contribution in [2.45, 2.75) is 6.43 Å². The fourth-order valence-corrected chi connectivity index (χ4v) is 0.935. The lowest BCUT2D eigenvalue weighted by atomic mass is 10.2. The van der Waals surface area contributed by atoms with E-state index in [0.717, 1.165) is 6.07 Å². The van der Waals surface area contributed by atoms with Gasteiger partial charge in [-0.15, -0.1) is 0 Å². The van der Waals surface area contributed by atoms with E-state index in [0.29, 0.717) is 0 Å². The molecule has 0 fully saturated rings. The summed E-state index contributed by atoms with van der Waals surface area (Å²) in [5.41, 5.74) is 3.35. The van der Waals surface area contributed by atoms with E-state index in [1.54, 1.807) is 0 Å². The fourth-order valence-electron chi connectivity index (χ4n) is 0.935. The number of nitriles is 1. The van der Waals surface area contributed by atoms with E-state index in [2.05, 4.69) is 4.98 Å². The molecular formula is C7H4F2N4O2. The maximum atomic E-state index is 12.3. The Morgan fingerprint density at radius 3 is 2.67 bits per heavy atom. The van der Waals surface area contributed by atoms with Crippen LogP contribution in [0.2, 0.25) is 0 Å². The molecular weight excluding hydrogens is 210 g/mol. The number of hydrogen-bond donors (Lipinski definition) is 1. The summed E-state index contributed by atoms with van der Waals surface area (Å²) in [6, 6.07) is 2.25. The van der Waals surface area contributed by atoms with Crippen molar-refractivity contribution in [3.8, 4) is 6.07 Å². The molecule has 0 amide bonds. The summed E-state index contributed by atoms with van der Waals surface area (Å²) in [6.45, 7) is 0. The van der Waals surface area contributed by atoms with Crippen LogP contribution in [0.1, 0.15) is 17.7 Å². The van der Waals surface area contributed by atoms with Crippen LogP contribution in [0.25, 0.3) is 0 Å². The summed E-state index contributed by atoms with van der Waals surface area (Å²) in [5.74, 6) is -0.871. The van der Waals surface area contributed by atoms with E-state index < -0.39 is 34.1 Å². The van der Waals surface area contributed by atoms with Crippen LogP contribution in [0.5, 0.6) is 0 Å². The molecule has 1 rings (SSSR count). The standard InChI is InChI=1S/C7H4F2N4O2/c8-6(9)5-3(2-10)1-4(11)7(12-5)13(14)15/h1,6H,11H2. The molecule has 0 atom stereocenters. The zero-order chi connectivity index (χ0) is 11.6. The Kier molecular flexibility index (Phi) is 2.75. The molecule has 0 spiro atoms. The largest absolute Gasteiger partial charge is 0.392 e. The van der Waals surface area contributed by atoms with Gasteiger partial charge in [-0.3, -0.25) is 0 Å². The third-order valence-corrected chi connectivity index (χ3v) is 1.56. The van der Waals surface area contributed by atoms with Crippen LogP contribution >= 0.6 is 0 Å². The monoisotopic (exact) mass is 214 g/mol. The van der Waals surface area contributed by atoms with Crippen LogP contribution in [0.4, 0.5) is 20.3 Å². The molecule has 0 saturated heterocycles. The van der Waals surface area contributed by atoms with E-state index in [9.17, 15) is 18.9 Å². The van der Waals surface area contributed by atoms with Crippen LogP contribution in [-0.2, 0) is 0 Å². The lowest BCUT2D eigenvalue weighted by Gasteiger charge is -2.00. The Bertz CT molecular complexity index is 455. The molecule has 0 aliphatic rings. The summed E-state index contributed by atoms with van der Waals surface area (Å²) in [7, 11) is 0. The van der Waals surface area contributed by atoms with Crippen LogP contribution in [0, 0.1) is 21.4 Å². The molecule has 1 aromatic rings. The molecule has 1 heterocycles. The SMILES string of the molecule is N#Cc1cc(N)c([N+](=O)[O-])nc1C(F)F. The van der Waals surface area contributed by atoms with Gasteiger partial charge in [0, 0.05) is 0 Å². The lowest BCUT2D eigenvalue weighted by Crippen LogP contribution is -2.04. The zero-order valence-corrected chi connectivity index (χ0v) is 7.15. The smallest absolute Gasteiger partial charge is 0.387 e. The number of hydrogen-bond acceptors (Lipinski definition) is 5. The minimum absolute atomic E-state index is 0.416. The van der Waals surface area contributed by atoms with E-state index in [4.69, 9.17) is 11.0 Å². The van der Waals surface area contributed by atoms with Gasteiger partial charge in [0.2, 0.25) is 5.69 Å². The Labute approximate surface area is 82.1 Å². The second-order valence-corrected chi connectivity index (χ2v) is 2.50. The van der Waals surface area contributed by atoms with Gasteiger partial charge in [0.1, 0.15) is 17.3 Å². The van der Waals surface area contributed by atoms with Crippen molar-refractivity contribution in [1.29, 1.82) is 5.26 Å².